The van der Waals surface area contributed by atoms with E-state index in [1.165, 1.54) is 22.3 Å². The van der Waals surface area contributed by atoms with Gasteiger partial charge < -0.3 is 14.7 Å². The highest BCUT2D eigenvalue weighted by atomic mass is 35.5. The molecule has 9 nitrogen and oxygen atoms in total. The Bertz CT molecular complexity index is 1330. The van der Waals surface area contributed by atoms with Gasteiger partial charge in [-0.1, -0.05) is 29.8 Å². The van der Waals surface area contributed by atoms with Crippen LogP contribution in [0.25, 0.3) is 6.08 Å². The van der Waals surface area contributed by atoms with Crippen LogP contribution in [0.2, 0.25) is 4.34 Å². The van der Waals surface area contributed by atoms with Crippen LogP contribution in [0.3, 0.4) is 0 Å². The third kappa shape index (κ3) is 5.74. The first-order valence-electron chi connectivity index (χ1n) is 12.1. The molecule has 5 rings (SSSR count). The molecule has 1 N–H and O–H groups in total. The first-order valence-corrected chi connectivity index (χ1v) is 14.8. The first-order chi connectivity index (χ1) is 17.7. The van der Waals surface area contributed by atoms with Crippen molar-refractivity contribution in [2.24, 2.45) is 0 Å². The van der Waals surface area contributed by atoms with Gasteiger partial charge in [-0.05, 0) is 49.6 Å². The number of nitrogens with one attached hydrogen (secondary N) is 1. The molecule has 0 spiro atoms. The van der Waals surface area contributed by atoms with Crippen LogP contribution in [0, 0.1) is 0 Å². The fraction of sp³-hybridized carbons (Fsp3) is 0.400. The minimum Gasteiger partial charge on any atom is -0.334 e. The van der Waals surface area contributed by atoms with Gasteiger partial charge in [-0.15, -0.1) is 11.3 Å². The maximum absolute atomic E-state index is 13.1. The fourth-order valence-electron chi connectivity index (χ4n) is 5.24. The summed E-state index contributed by atoms with van der Waals surface area (Å²) in [4.78, 5) is 44.7. The fourth-order valence-corrected chi connectivity index (χ4v) is 7.31. The second-order valence-corrected chi connectivity index (χ2v) is 12.8. The number of thiophene rings is 1. The van der Waals surface area contributed by atoms with Crippen LogP contribution in [0.4, 0.5) is 0 Å². The first kappa shape index (κ1) is 25.9. The number of rotatable bonds is 7. The summed E-state index contributed by atoms with van der Waals surface area (Å²) in [5.74, 6) is -0.607. The summed E-state index contributed by atoms with van der Waals surface area (Å²) in [5.41, 5.74) is 0.634. The van der Waals surface area contributed by atoms with Crippen LogP contribution in [0.1, 0.15) is 34.5 Å². The van der Waals surface area contributed by atoms with E-state index in [9.17, 15) is 22.8 Å². The zero-order valence-corrected chi connectivity index (χ0v) is 22.3. The van der Waals surface area contributed by atoms with E-state index < -0.39 is 22.0 Å². The number of piperazine rings is 1. The molecular weight excluding hydrogens is 536 g/mol. The van der Waals surface area contributed by atoms with Crippen molar-refractivity contribution in [2.75, 3.05) is 26.2 Å². The molecule has 3 fully saturated rings. The molecule has 37 heavy (non-hydrogen) atoms. The Labute approximate surface area is 224 Å². The third-order valence-corrected chi connectivity index (χ3v) is 9.32. The van der Waals surface area contributed by atoms with Gasteiger partial charge in [0.15, 0.2) is 0 Å². The van der Waals surface area contributed by atoms with Gasteiger partial charge in [0.1, 0.15) is 6.04 Å². The Kier molecular flexibility index (Phi) is 7.39. The van der Waals surface area contributed by atoms with Crippen molar-refractivity contribution < 1.29 is 22.8 Å². The van der Waals surface area contributed by atoms with Gasteiger partial charge in [-0.2, -0.15) is 4.72 Å². The lowest BCUT2D eigenvalue weighted by molar-refractivity contribution is -0.144. The maximum atomic E-state index is 13.1. The van der Waals surface area contributed by atoms with Gasteiger partial charge in [-0.3, -0.25) is 14.4 Å². The van der Waals surface area contributed by atoms with Crippen LogP contribution in [-0.4, -0.2) is 85.1 Å². The molecule has 3 unspecified atom stereocenters. The number of carbonyl (C=O) groups excluding carboxylic acids is 3. The second kappa shape index (κ2) is 10.6. The van der Waals surface area contributed by atoms with E-state index in [-0.39, 0.29) is 30.4 Å². The number of benzene rings is 1. The van der Waals surface area contributed by atoms with Crippen molar-refractivity contribution in [3.63, 3.8) is 0 Å². The molecule has 4 heterocycles. The SMILES string of the molecule is O=C1C(NS(=O)(=O)/C=C/c2ccc(Cl)s2)CCCN1CC(=O)N1CC2CC1CN2C(=O)c1ccccc1. The summed E-state index contributed by atoms with van der Waals surface area (Å²) >= 11 is 7.12. The van der Waals surface area contributed by atoms with Crippen molar-refractivity contribution in [2.45, 2.75) is 37.4 Å². The molecule has 12 heteroatoms. The second-order valence-electron chi connectivity index (χ2n) is 9.48. The monoisotopic (exact) mass is 562 g/mol. The van der Waals surface area contributed by atoms with Crippen molar-refractivity contribution in [3.8, 4) is 0 Å². The molecule has 2 bridgehead atoms. The Morgan fingerprint density at radius 1 is 1.08 bits per heavy atom. The summed E-state index contributed by atoms with van der Waals surface area (Å²) < 4.78 is 28.1. The van der Waals surface area contributed by atoms with Crippen LogP contribution in [-0.2, 0) is 19.6 Å². The van der Waals surface area contributed by atoms with Gasteiger partial charge in [-0.25, -0.2) is 8.42 Å². The van der Waals surface area contributed by atoms with E-state index >= 15 is 0 Å². The topological polar surface area (TPSA) is 107 Å². The molecule has 0 radical (unpaired) electrons. The lowest BCUT2D eigenvalue weighted by Gasteiger charge is -2.37. The largest absolute Gasteiger partial charge is 0.334 e. The highest BCUT2D eigenvalue weighted by Gasteiger charge is 2.47. The number of piperidine rings is 1. The summed E-state index contributed by atoms with van der Waals surface area (Å²) in [6, 6.07) is 11.5. The third-order valence-electron chi connectivity index (χ3n) is 7.01. The predicted octanol–water partition coefficient (Wildman–Crippen LogP) is 2.41. The van der Waals surface area contributed by atoms with Crippen molar-refractivity contribution in [3.05, 3.63) is 62.6 Å². The molecule has 3 atom stereocenters. The highest BCUT2D eigenvalue weighted by molar-refractivity contribution is 7.92. The molecule has 3 saturated heterocycles. The number of carbonyl (C=O) groups is 3. The number of fused-ring (bicyclic) bond motifs is 2. The summed E-state index contributed by atoms with van der Waals surface area (Å²) in [5, 5.41) is 1.02. The Morgan fingerprint density at radius 3 is 2.49 bits per heavy atom. The van der Waals surface area contributed by atoms with Gasteiger partial charge in [0.05, 0.1) is 23.0 Å². The van der Waals surface area contributed by atoms with Crippen LogP contribution >= 0.6 is 22.9 Å². The van der Waals surface area contributed by atoms with E-state index in [0.29, 0.717) is 47.3 Å². The molecule has 2 aromatic rings. The van der Waals surface area contributed by atoms with Gasteiger partial charge in [0.25, 0.3) is 5.91 Å². The number of amides is 3. The number of hydrogen-bond acceptors (Lipinski definition) is 6. The quantitative estimate of drug-likeness (QED) is 0.558. The summed E-state index contributed by atoms with van der Waals surface area (Å²) in [7, 11) is -3.86. The van der Waals surface area contributed by atoms with E-state index in [2.05, 4.69) is 4.72 Å². The zero-order chi connectivity index (χ0) is 26.2. The van der Waals surface area contributed by atoms with Crippen molar-refractivity contribution in [1.82, 2.24) is 19.4 Å². The van der Waals surface area contributed by atoms with E-state index in [0.717, 1.165) is 11.8 Å². The molecule has 196 valence electrons. The average molecular weight is 563 g/mol. The molecule has 1 aromatic heterocycles. The van der Waals surface area contributed by atoms with Crippen molar-refractivity contribution in [1.29, 1.82) is 0 Å². The zero-order valence-electron chi connectivity index (χ0n) is 20.0. The molecule has 1 aromatic carbocycles. The Morgan fingerprint density at radius 2 is 1.81 bits per heavy atom. The number of sulfonamides is 1. The Balaban J connectivity index is 1.16. The lowest BCUT2D eigenvalue weighted by Crippen LogP contribution is -2.56. The number of likely N-dealkylation sites (tertiary alicyclic amines) is 3. The minimum absolute atomic E-state index is 0.0299. The number of halogens is 1. The van der Waals surface area contributed by atoms with Crippen molar-refractivity contribution >= 4 is 56.8 Å². The lowest BCUT2D eigenvalue weighted by atomic mass is 10.1. The minimum atomic E-state index is -3.86. The van der Waals surface area contributed by atoms with Crippen LogP contribution in [0.15, 0.2) is 47.9 Å². The number of hydrogen-bond donors (Lipinski definition) is 1. The average Bonchev–Trinajstić information content (AvgIpc) is 3.61. The highest BCUT2D eigenvalue weighted by Crippen LogP contribution is 2.32. The molecule has 3 aliphatic heterocycles. The summed E-state index contributed by atoms with van der Waals surface area (Å²) in [6.45, 7) is 1.21. The van der Waals surface area contributed by atoms with Gasteiger partial charge in [0.2, 0.25) is 21.8 Å². The summed E-state index contributed by atoms with van der Waals surface area (Å²) in [6.07, 6.45) is 3.11. The molecule has 3 amide bonds. The molecular formula is C25H27ClN4O5S2. The maximum Gasteiger partial charge on any atom is 0.254 e. The van der Waals surface area contributed by atoms with Crippen LogP contribution in [0.5, 0.6) is 0 Å². The van der Waals surface area contributed by atoms with Gasteiger partial charge >= 0.3 is 0 Å². The van der Waals surface area contributed by atoms with Gasteiger partial charge in [0, 0.05) is 35.5 Å². The molecule has 0 saturated carbocycles. The van der Waals surface area contributed by atoms with E-state index in [1.54, 1.807) is 29.2 Å². The van der Waals surface area contributed by atoms with Crippen LogP contribution < -0.4 is 4.72 Å². The molecule has 3 aliphatic rings. The predicted molar refractivity (Wildman–Crippen MR) is 141 cm³/mol. The van der Waals surface area contributed by atoms with E-state index in [1.807, 2.05) is 23.1 Å². The Hall–Kier alpha value is -2.73. The standard InChI is InChI=1S/C25H27ClN4O5S2/c26-22-9-8-20(36-22)10-12-37(34,35)27-21-7-4-11-28(25(21)33)16-23(31)29-14-19-13-18(29)15-30(19)24(32)17-5-2-1-3-6-17/h1-3,5-6,8-10,12,18-19,21,27H,4,7,11,13-16H2/b12-10+. The molecule has 0 aliphatic carbocycles. The normalized spacial score (nSPS) is 23.9. The number of nitrogens with zero attached hydrogens (tertiary/aromatic N) is 3. The van der Waals surface area contributed by atoms with E-state index in [4.69, 9.17) is 11.6 Å². The smallest absolute Gasteiger partial charge is 0.254 e.